The molecule has 3 heterocycles. The third-order valence-corrected chi connectivity index (χ3v) is 6.23. The van der Waals surface area contributed by atoms with Crippen molar-refractivity contribution in [1.82, 2.24) is 14.5 Å². The van der Waals surface area contributed by atoms with Gasteiger partial charge >= 0.3 is 0 Å². The predicted octanol–water partition coefficient (Wildman–Crippen LogP) is 3.14. The number of anilines is 1. The van der Waals surface area contributed by atoms with E-state index in [0.717, 1.165) is 62.4 Å². The third kappa shape index (κ3) is 3.66. The summed E-state index contributed by atoms with van der Waals surface area (Å²) in [5, 5.41) is 0. The molecule has 2 aromatic carbocycles. The first-order chi connectivity index (χ1) is 14.3. The van der Waals surface area contributed by atoms with Crippen LogP contribution in [-0.4, -0.2) is 66.2 Å². The Balaban J connectivity index is 1.29. The van der Waals surface area contributed by atoms with Crippen LogP contribution in [-0.2, 0) is 4.74 Å². The largest absolute Gasteiger partial charge is 0.379 e. The van der Waals surface area contributed by atoms with Crippen LogP contribution in [0.5, 0.6) is 0 Å². The summed E-state index contributed by atoms with van der Waals surface area (Å²) in [5.74, 6) is 0. The highest BCUT2D eigenvalue weighted by atomic mass is 16.5. The number of benzene rings is 2. The van der Waals surface area contributed by atoms with Gasteiger partial charge in [0.05, 0.1) is 24.2 Å². The molecule has 0 aliphatic carbocycles. The lowest BCUT2D eigenvalue weighted by atomic mass is 10.0. The molecular weight excluding hydrogens is 364 g/mol. The van der Waals surface area contributed by atoms with Gasteiger partial charge in [0.15, 0.2) is 0 Å². The van der Waals surface area contributed by atoms with Gasteiger partial charge in [-0.1, -0.05) is 0 Å². The standard InChI is InChI=1S/C23H26N4O2/c28-16-18-1-6-22-23(15-18)27(17-24-22)21-4-2-19(3-5-21)25-9-7-20(8-10-25)26-11-13-29-14-12-26/h1-6,15-17,20H,7-14H2. The highest BCUT2D eigenvalue weighted by Gasteiger charge is 2.25. The van der Waals surface area contributed by atoms with Crippen LogP contribution < -0.4 is 4.90 Å². The lowest BCUT2D eigenvalue weighted by molar-refractivity contribution is 0.0115. The van der Waals surface area contributed by atoms with Crippen molar-refractivity contribution in [3.05, 3.63) is 54.4 Å². The average molecular weight is 390 g/mol. The van der Waals surface area contributed by atoms with Crippen LogP contribution in [0, 0.1) is 0 Å². The first-order valence-electron chi connectivity index (χ1n) is 10.4. The van der Waals surface area contributed by atoms with Gasteiger partial charge in [0.1, 0.15) is 12.6 Å². The van der Waals surface area contributed by atoms with Crippen LogP contribution in [0.2, 0.25) is 0 Å². The number of rotatable bonds is 4. The quantitative estimate of drug-likeness (QED) is 0.641. The van der Waals surface area contributed by atoms with E-state index in [0.29, 0.717) is 11.6 Å². The fraction of sp³-hybridized carbons (Fsp3) is 0.391. The van der Waals surface area contributed by atoms with Crippen LogP contribution in [0.3, 0.4) is 0 Å². The van der Waals surface area contributed by atoms with E-state index in [4.69, 9.17) is 4.74 Å². The summed E-state index contributed by atoms with van der Waals surface area (Å²) >= 11 is 0. The molecule has 5 rings (SSSR count). The van der Waals surface area contributed by atoms with Crippen molar-refractivity contribution in [3.8, 4) is 5.69 Å². The second kappa shape index (κ2) is 7.97. The first-order valence-corrected chi connectivity index (χ1v) is 10.4. The number of aromatic nitrogens is 2. The van der Waals surface area contributed by atoms with Gasteiger partial charge in [0.25, 0.3) is 0 Å². The summed E-state index contributed by atoms with van der Waals surface area (Å²) in [4.78, 5) is 20.7. The number of ether oxygens (including phenoxy) is 1. The highest BCUT2D eigenvalue weighted by Crippen LogP contribution is 2.26. The van der Waals surface area contributed by atoms with Crippen molar-refractivity contribution >= 4 is 23.0 Å². The van der Waals surface area contributed by atoms with E-state index in [1.54, 1.807) is 6.07 Å². The van der Waals surface area contributed by atoms with Gasteiger partial charge in [0, 0.05) is 49.2 Å². The molecule has 0 atom stereocenters. The minimum absolute atomic E-state index is 0.666. The van der Waals surface area contributed by atoms with E-state index in [1.165, 1.54) is 18.5 Å². The fourth-order valence-corrected chi connectivity index (χ4v) is 4.56. The Kier molecular flexibility index (Phi) is 5.04. The summed E-state index contributed by atoms with van der Waals surface area (Å²) in [6, 6.07) is 14.9. The van der Waals surface area contributed by atoms with Crippen molar-refractivity contribution in [2.24, 2.45) is 0 Å². The van der Waals surface area contributed by atoms with Crippen LogP contribution in [0.1, 0.15) is 23.2 Å². The lowest BCUT2D eigenvalue weighted by Crippen LogP contribution is -2.49. The molecule has 2 saturated heterocycles. The van der Waals surface area contributed by atoms with Gasteiger partial charge in [-0.25, -0.2) is 4.98 Å². The molecule has 0 bridgehead atoms. The van der Waals surface area contributed by atoms with Gasteiger partial charge in [0.2, 0.25) is 0 Å². The van der Waals surface area contributed by atoms with Crippen LogP contribution in [0.4, 0.5) is 5.69 Å². The van der Waals surface area contributed by atoms with Crippen molar-refractivity contribution in [2.45, 2.75) is 18.9 Å². The Labute approximate surface area is 170 Å². The minimum atomic E-state index is 0.666. The SMILES string of the molecule is O=Cc1ccc2ncn(-c3ccc(N4CCC(N5CCOCC5)CC4)cc3)c2c1. The number of nitrogens with zero attached hydrogens (tertiary/aromatic N) is 4. The molecule has 0 radical (unpaired) electrons. The van der Waals surface area contributed by atoms with Gasteiger partial charge < -0.3 is 9.64 Å². The van der Waals surface area contributed by atoms with E-state index in [1.807, 2.05) is 23.0 Å². The van der Waals surface area contributed by atoms with Crippen molar-refractivity contribution in [1.29, 1.82) is 0 Å². The molecule has 2 fully saturated rings. The minimum Gasteiger partial charge on any atom is -0.379 e. The molecule has 2 aliphatic heterocycles. The Morgan fingerprint density at radius 3 is 2.38 bits per heavy atom. The second-order valence-corrected chi connectivity index (χ2v) is 7.86. The summed E-state index contributed by atoms with van der Waals surface area (Å²) in [5.41, 5.74) is 4.84. The number of hydrogen-bond donors (Lipinski definition) is 0. The zero-order valence-electron chi connectivity index (χ0n) is 16.5. The highest BCUT2D eigenvalue weighted by molar-refractivity contribution is 5.86. The zero-order valence-corrected chi connectivity index (χ0v) is 16.5. The molecule has 1 aromatic heterocycles. The molecule has 6 nitrogen and oxygen atoms in total. The first kappa shape index (κ1) is 18.3. The van der Waals surface area contributed by atoms with Crippen LogP contribution in [0.25, 0.3) is 16.7 Å². The molecule has 0 N–H and O–H groups in total. The van der Waals surface area contributed by atoms with Crippen LogP contribution in [0.15, 0.2) is 48.8 Å². The third-order valence-electron chi connectivity index (χ3n) is 6.23. The number of piperidine rings is 1. The van der Waals surface area contributed by atoms with Crippen molar-refractivity contribution < 1.29 is 9.53 Å². The van der Waals surface area contributed by atoms with Crippen molar-refractivity contribution in [2.75, 3.05) is 44.3 Å². The molecule has 2 aliphatic rings. The second-order valence-electron chi connectivity index (χ2n) is 7.86. The molecule has 29 heavy (non-hydrogen) atoms. The smallest absolute Gasteiger partial charge is 0.150 e. The van der Waals surface area contributed by atoms with Crippen molar-refractivity contribution in [3.63, 3.8) is 0 Å². The maximum atomic E-state index is 11.1. The Morgan fingerprint density at radius 1 is 0.931 bits per heavy atom. The topological polar surface area (TPSA) is 50.6 Å². The normalized spacial score (nSPS) is 19.0. The maximum Gasteiger partial charge on any atom is 0.150 e. The zero-order chi connectivity index (χ0) is 19.6. The van der Waals surface area contributed by atoms with Gasteiger partial charge in [-0.2, -0.15) is 0 Å². The number of hydrogen-bond acceptors (Lipinski definition) is 5. The van der Waals surface area contributed by atoms with E-state index in [2.05, 4.69) is 39.0 Å². The van der Waals surface area contributed by atoms with Gasteiger partial charge in [-0.15, -0.1) is 0 Å². The van der Waals surface area contributed by atoms with Gasteiger partial charge in [-0.05, 0) is 55.3 Å². The summed E-state index contributed by atoms with van der Waals surface area (Å²) in [7, 11) is 0. The average Bonchev–Trinajstić information content (AvgIpc) is 3.23. The number of aldehydes is 1. The van der Waals surface area contributed by atoms with E-state index in [-0.39, 0.29) is 0 Å². The Morgan fingerprint density at radius 2 is 1.66 bits per heavy atom. The number of carbonyl (C=O) groups excluding carboxylic acids is 1. The Hall–Kier alpha value is -2.70. The molecule has 0 amide bonds. The molecule has 0 unspecified atom stereocenters. The molecule has 150 valence electrons. The Bertz CT molecular complexity index is 984. The fourth-order valence-electron chi connectivity index (χ4n) is 4.56. The molecular formula is C23H26N4O2. The van der Waals surface area contributed by atoms with Crippen LogP contribution >= 0.6 is 0 Å². The summed E-state index contributed by atoms with van der Waals surface area (Å²) < 4.78 is 7.53. The number of imidazole rings is 1. The summed E-state index contributed by atoms with van der Waals surface area (Å²) in [6.45, 7) is 6.09. The maximum absolute atomic E-state index is 11.1. The number of fused-ring (bicyclic) bond motifs is 1. The van der Waals surface area contributed by atoms with Gasteiger partial charge in [-0.3, -0.25) is 14.3 Å². The summed E-state index contributed by atoms with van der Waals surface area (Å²) in [6.07, 6.45) is 5.12. The number of carbonyl (C=O) groups is 1. The number of morpholine rings is 1. The van der Waals surface area contributed by atoms with E-state index >= 15 is 0 Å². The molecule has 3 aromatic rings. The molecule has 6 heteroatoms. The molecule has 0 saturated carbocycles. The predicted molar refractivity (Wildman–Crippen MR) is 114 cm³/mol. The van der Waals surface area contributed by atoms with E-state index < -0.39 is 0 Å². The van der Waals surface area contributed by atoms with E-state index in [9.17, 15) is 4.79 Å². The molecule has 0 spiro atoms. The monoisotopic (exact) mass is 390 g/mol. The lowest BCUT2D eigenvalue weighted by Gasteiger charge is -2.40.